The highest BCUT2D eigenvalue weighted by atomic mass is 16.1. The number of carbonyl (C=O) groups excluding carboxylic acids is 1. The van der Waals surface area contributed by atoms with Gasteiger partial charge >= 0.3 is 0 Å². The molecule has 0 atom stereocenters. The Kier molecular flexibility index (Phi) is 2.68. The van der Waals surface area contributed by atoms with Crippen LogP contribution in [0.15, 0.2) is 42.5 Å². The first kappa shape index (κ1) is 10.5. The molecule has 17 heavy (non-hydrogen) atoms. The van der Waals surface area contributed by atoms with Gasteiger partial charge in [0.1, 0.15) is 5.78 Å². The predicted octanol–water partition coefficient (Wildman–Crippen LogP) is 4.07. The molecule has 0 spiro atoms. The Bertz CT molecular complexity index is 541. The summed E-state index contributed by atoms with van der Waals surface area (Å²) in [5.74, 6) is 1.00. The van der Waals surface area contributed by atoms with Crippen LogP contribution in [0.2, 0.25) is 0 Å². The minimum Gasteiger partial charge on any atom is -0.300 e. The van der Waals surface area contributed by atoms with E-state index in [0.717, 1.165) is 25.7 Å². The first-order chi connectivity index (χ1) is 8.34. The lowest BCUT2D eigenvalue weighted by Crippen LogP contribution is -2.12. The summed E-state index contributed by atoms with van der Waals surface area (Å²) < 4.78 is 0. The van der Waals surface area contributed by atoms with E-state index in [0.29, 0.717) is 11.7 Å². The highest BCUT2D eigenvalue weighted by Gasteiger charge is 2.21. The maximum atomic E-state index is 11.3. The molecule has 86 valence electrons. The van der Waals surface area contributed by atoms with Crippen molar-refractivity contribution in [2.45, 2.75) is 31.6 Å². The van der Waals surface area contributed by atoms with Gasteiger partial charge in [-0.05, 0) is 35.1 Å². The summed E-state index contributed by atoms with van der Waals surface area (Å²) in [5.41, 5.74) is 1.43. The quantitative estimate of drug-likeness (QED) is 0.713. The highest BCUT2D eigenvalue weighted by molar-refractivity contribution is 5.86. The van der Waals surface area contributed by atoms with Crippen LogP contribution in [0.3, 0.4) is 0 Å². The zero-order valence-electron chi connectivity index (χ0n) is 9.86. The summed E-state index contributed by atoms with van der Waals surface area (Å²) in [4.78, 5) is 11.3. The Morgan fingerprint density at radius 1 is 0.882 bits per heavy atom. The van der Waals surface area contributed by atoms with Gasteiger partial charge in [-0.15, -0.1) is 0 Å². The molecule has 1 aliphatic carbocycles. The van der Waals surface area contributed by atoms with Gasteiger partial charge in [0.15, 0.2) is 0 Å². The molecule has 1 aliphatic rings. The van der Waals surface area contributed by atoms with E-state index in [1.54, 1.807) is 0 Å². The lowest BCUT2D eigenvalue weighted by atomic mass is 9.81. The van der Waals surface area contributed by atoms with E-state index in [4.69, 9.17) is 0 Å². The smallest absolute Gasteiger partial charge is 0.132 e. The minimum atomic E-state index is 0.432. The Labute approximate surface area is 101 Å². The van der Waals surface area contributed by atoms with Crippen LogP contribution in [0.25, 0.3) is 10.8 Å². The molecule has 0 N–H and O–H groups in total. The molecular weight excluding hydrogens is 208 g/mol. The van der Waals surface area contributed by atoms with Crippen LogP contribution in [0, 0.1) is 0 Å². The van der Waals surface area contributed by atoms with Crippen LogP contribution in [0.5, 0.6) is 0 Å². The van der Waals surface area contributed by atoms with Crippen LogP contribution in [-0.4, -0.2) is 5.78 Å². The molecule has 1 saturated carbocycles. The zero-order valence-corrected chi connectivity index (χ0v) is 9.86. The second-order valence-corrected chi connectivity index (χ2v) is 4.88. The first-order valence-corrected chi connectivity index (χ1v) is 6.34. The fourth-order valence-corrected chi connectivity index (χ4v) is 2.86. The molecule has 0 heterocycles. The maximum absolute atomic E-state index is 11.3. The number of hydrogen-bond acceptors (Lipinski definition) is 1. The van der Waals surface area contributed by atoms with Gasteiger partial charge in [0.25, 0.3) is 0 Å². The van der Waals surface area contributed by atoms with Crippen molar-refractivity contribution in [1.82, 2.24) is 0 Å². The molecule has 1 heteroatoms. The normalized spacial score (nSPS) is 17.5. The summed E-state index contributed by atoms with van der Waals surface area (Å²) in [6, 6.07) is 15.0. The first-order valence-electron chi connectivity index (χ1n) is 6.34. The summed E-state index contributed by atoms with van der Waals surface area (Å²) in [5, 5.41) is 2.66. The Hall–Kier alpha value is -1.63. The lowest BCUT2D eigenvalue weighted by molar-refractivity contribution is -0.120. The molecular formula is C16H16O. The molecule has 1 fully saturated rings. The Morgan fingerprint density at radius 3 is 2.41 bits per heavy atom. The van der Waals surface area contributed by atoms with E-state index in [9.17, 15) is 4.79 Å². The third-order valence-electron chi connectivity index (χ3n) is 3.81. The topological polar surface area (TPSA) is 17.1 Å². The Morgan fingerprint density at radius 2 is 1.59 bits per heavy atom. The van der Waals surface area contributed by atoms with Crippen molar-refractivity contribution in [3.8, 4) is 0 Å². The third-order valence-corrected chi connectivity index (χ3v) is 3.81. The number of rotatable bonds is 1. The van der Waals surface area contributed by atoms with E-state index in [2.05, 4.69) is 42.5 Å². The molecule has 3 rings (SSSR count). The van der Waals surface area contributed by atoms with E-state index >= 15 is 0 Å². The van der Waals surface area contributed by atoms with Crippen LogP contribution >= 0.6 is 0 Å². The standard InChI is InChI=1S/C16H16O/c17-14-10-8-13(9-11-14)16-7-3-5-12-4-1-2-6-15(12)16/h1-7,13H,8-11H2. The molecule has 1 nitrogen and oxygen atoms in total. The number of fused-ring (bicyclic) bond motifs is 1. The SMILES string of the molecule is O=C1CCC(c2cccc3ccccc23)CC1. The summed E-state index contributed by atoms with van der Waals surface area (Å²) in [7, 11) is 0. The summed E-state index contributed by atoms with van der Waals surface area (Å²) in [6.07, 6.45) is 3.56. The molecule has 0 aromatic heterocycles. The van der Waals surface area contributed by atoms with Crippen molar-refractivity contribution in [2.24, 2.45) is 0 Å². The van der Waals surface area contributed by atoms with Gasteiger partial charge < -0.3 is 0 Å². The second kappa shape index (κ2) is 4.33. The molecule has 0 amide bonds. The fraction of sp³-hybridized carbons (Fsp3) is 0.312. The lowest BCUT2D eigenvalue weighted by Gasteiger charge is -2.22. The van der Waals surface area contributed by atoms with Gasteiger partial charge in [-0.1, -0.05) is 42.5 Å². The van der Waals surface area contributed by atoms with E-state index in [1.165, 1.54) is 16.3 Å². The predicted molar refractivity (Wildman–Crippen MR) is 70.2 cm³/mol. The second-order valence-electron chi connectivity index (χ2n) is 4.88. The Balaban J connectivity index is 2.02. The van der Waals surface area contributed by atoms with E-state index in [1.807, 2.05) is 0 Å². The molecule has 2 aromatic carbocycles. The van der Waals surface area contributed by atoms with Gasteiger partial charge in [-0.3, -0.25) is 4.79 Å². The van der Waals surface area contributed by atoms with Crippen molar-refractivity contribution in [3.05, 3.63) is 48.0 Å². The number of benzene rings is 2. The van der Waals surface area contributed by atoms with Crippen molar-refractivity contribution in [2.75, 3.05) is 0 Å². The van der Waals surface area contributed by atoms with Gasteiger partial charge in [0, 0.05) is 12.8 Å². The van der Waals surface area contributed by atoms with Gasteiger partial charge in [0.2, 0.25) is 0 Å². The average molecular weight is 224 g/mol. The number of hydrogen-bond donors (Lipinski definition) is 0. The number of carbonyl (C=O) groups is 1. The largest absolute Gasteiger partial charge is 0.300 e. The number of ketones is 1. The molecule has 0 unspecified atom stereocenters. The average Bonchev–Trinajstić information content (AvgIpc) is 2.39. The van der Waals surface area contributed by atoms with Crippen LogP contribution in [-0.2, 0) is 4.79 Å². The van der Waals surface area contributed by atoms with Crippen LogP contribution in [0.4, 0.5) is 0 Å². The molecule has 0 saturated heterocycles. The summed E-state index contributed by atoms with van der Waals surface area (Å²) in [6.45, 7) is 0. The van der Waals surface area contributed by atoms with Crippen LogP contribution in [0.1, 0.15) is 37.2 Å². The van der Waals surface area contributed by atoms with Crippen LogP contribution < -0.4 is 0 Å². The number of Topliss-reactive ketones (excluding diaryl/α,β-unsaturated/α-hetero) is 1. The van der Waals surface area contributed by atoms with Crippen molar-refractivity contribution >= 4 is 16.6 Å². The van der Waals surface area contributed by atoms with E-state index in [-0.39, 0.29) is 0 Å². The molecule has 2 aromatic rings. The molecule has 0 aliphatic heterocycles. The van der Waals surface area contributed by atoms with Gasteiger partial charge in [-0.2, -0.15) is 0 Å². The molecule has 0 radical (unpaired) electrons. The van der Waals surface area contributed by atoms with E-state index < -0.39 is 0 Å². The minimum absolute atomic E-state index is 0.432. The molecule has 0 bridgehead atoms. The summed E-state index contributed by atoms with van der Waals surface area (Å²) >= 11 is 0. The monoisotopic (exact) mass is 224 g/mol. The third kappa shape index (κ3) is 1.97. The van der Waals surface area contributed by atoms with Crippen molar-refractivity contribution in [3.63, 3.8) is 0 Å². The van der Waals surface area contributed by atoms with Crippen molar-refractivity contribution < 1.29 is 4.79 Å². The van der Waals surface area contributed by atoms with Gasteiger partial charge in [0.05, 0.1) is 0 Å². The highest BCUT2D eigenvalue weighted by Crippen LogP contribution is 2.35. The fourth-order valence-electron chi connectivity index (χ4n) is 2.86. The maximum Gasteiger partial charge on any atom is 0.132 e. The zero-order chi connectivity index (χ0) is 11.7. The van der Waals surface area contributed by atoms with Crippen molar-refractivity contribution in [1.29, 1.82) is 0 Å². The van der Waals surface area contributed by atoms with Gasteiger partial charge in [-0.25, -0.2) is 0 Å².